The minimum atomic E-state index is -0.120. The standard InChI is InChI=1S/C8H16N2O2/c1-9-12-8(11)7-3-5-10(2)6-4-7/h7,9H,3-6H2,1-2H3. The summed E-state index contributed by atoms with van der Waals surface area (Å²) in [7, 11) is 3.67. The minimum absolute atomic E-state index is 0.0913. The molecule has 0 aromatic heterocycles. The van der Waals surface area contributed by atoms with Crippen molar-refractivity contribution in [2.24, 2.45) is 5.92 Å². The Morgan fingerprint density at radius 2 is 2.08 bits per heavy atom. The number of hydroxylamine groups is 1. The molecule has 12 heavy (non-hydrogen) atoms. The van der Waals surface area contributed by atoms with E-state index < -0.39 is 0 Å². The van der Waals surface area contributed by atoms with Gasteiger partial charge in [0.25, 0.3) is 0 Å². The van der Waals surface area contributed by atoms with Gasteiger partial charge in [0.15, 0.2) is 0 Å². The summed E-state index contributed by atoms with van der Waals surface area (Å²) in [6, 6.07) is 0. The SMILES string of the molecule is CNOC(=O)C1CCN(C)CC1. The van der Waals surface area contributed by atoms with Crippen molar-refractivity contribution in [1.82, 2.24) is 10.4 Å². The lowest BCUT2D eigenvalue weighted by atomic mass is 9.98. The van der Waals surface area contributed by atoms with Crippen molar-refractivity contribution in [2.45, 2.75) is 12.8 Å². The van der Waals surface area contributed by atoms with E-state index in [0.717, 1.165) is 25.9 Å². The molecule has 0 radical (unpaired) electrons. The van der Waals surface area contributed by atoms with Gasteiger partial charge >= 0.3 is 5.97 Å². The quantitative estimate of drug-likeness (QED) is 0.596. The summed E-state index contributed by atoms with van der Waals surface area (Å²) in [6.45, 7) is 1.98. The Morgan fingerprint density at radius 3 is 2.58 bits per heavy atom. The van der Waals surface area contributed by atoms with Crippen LogP contribution in [0, 0.1) is 5.92 Å². The number of hydrogen-bond acceptors (Lipinski definition) is 4. The highest BCUT2D eigenvalue weighted by Crippen LogP contribution is 2.16. The van der Waals surface area contributed by atoms with E-state index in [1.165, 1.54) is 0 Å². The van der Waals surface area contributed by atoms with Gasteiger partial charge in [-0.25, -0.2) is 0 Å². The molecule has 1 rings (SSSR count). The number of nitrogens with one attached hydrogen (secondary N) is 1. The van der Waals surface area contributed by atoms with Gasteiger partial charge in [-0.2, -0.15) is 5.48 Å². The predicted molar refractivity (Wildman–Crippen MR) is 45.4 cm³/mol. The van der Waals surface area contributed by atoms with Gasteiger partial charge in [0.2, 0.25) is 0 Å². The number of likely N-dealkylation sites (tertiary alicyclic amines) is 1. The van der Waals surface area contributed by atoms with Crippen molar-refractivity contribution >= 4 is 5.97 Å². The van der Waals surface area contributed by atoms with Crippen molar-refractivity contribution in [3.8, 4) is 0 Å². The lowest BCUT2D eigenvalue weighted by molar-refractivity contribution is -0.156. The molecule has 0 spiro atoms. The van der Waals surface area contributed by atoms with Crippen LogP contribution in [0.2, 0.25) is 0 Å². The molecule has 1 aliphatic heterocycles. The van der Waals surface area contributed by atoms with Crippen molar-refractivity contribution in [2.75, 3.05) is 27.2 Å². The molecule has 1 aliphatic rings. The van der Waals surface area contributed by atoms with E-state index in [1.54, 1.807) is 7.05 Å². The van der Waals surface area contributed by atoms with Crippen LogP contribution in [0.1, 0.15) is 12.8 Å². The average Bonchev–Trinajstić information content (AvgIpc) is 2.06. The fraction of sp³-hybridized carbons (Fsp3) is 0.875. The van der Waals surface area contributed by atoms with Gasteiger partial charge in [-0.15, -0.1) is 0 Å². The first kappa shape index (κ1) is 9.48. The summed E-state index contributed by atoms with van der Waals surface area (Å²) < 4.78 is 0. The second-order valence-electron chi connectivity index (χ2n) is 3.20. The van der Waals surface area contributed by atoms with Crippen molar-refractivity contribution in [3.05, 3.63) is 0 Å². The highest BCUT2D eigenvalue weighted by atomic mass is 16.7. The Hall–Kier alpha value is -0.610. The molecule has 1 saturated heterocycles. The molecule has 4 nitrogen and oxygen atoms in total. The van der Waals surface area contributed by atoms with Gasteiger partial charge in [-0.1, -0.05) is 0 Å². The second kappa shape index (κ2) is 4.42. The first-order chi connectivity index (χ1) is 5.74. The number of nitrogens with zero attached hydrogens (tertiary/aromatic N) is 1. The molecule has 4 heteroatoms. The van der Waals surface area contributed by atoms with Gasteiger partial charge in [0.1, 0.15) is 0 Å². The lowest BCUT2D eigenvalue weighted by Gasteiger charge is -2.26. The molecule has 0 atom stereocenters. The van der Waals surface area contributed by atoms with Gasteiger partial charge in [0.05, 0.1) is 5.92 Å². The Kier molecular flexibility index (Phi) is 3.49. The molecule has 1 heterocycles. The first-order valence-electron chi connectivity index (χ1n) is 4.30. The molecule has 1 N–H and O–H groups in total. The molecular weight excluding hydrogens is 156 g/mol. The van der Waals surface area contributed by atoms with Crippen LogP contribution in [0.15, 0.2) is 0 Å². The number of carbonyl (C=O) groups excluding carboxylic acids is 1. The van der Waals surface area contributed by atoms with Gasteiger partial charge in [0, 0.05) is 7.05 Å². The summed E-state index contributed by atoms with van der Waals surface area (Å²) in [6.07, 6.45) is 1.83. The Bertz CT molecular complexity index is 153. The van der Waals surface area contributed by atoms with E-state index in [-0.39, 0.29) is 11.9 Å². The Balaban J connectivity index is 2.29. The maximum Gasteiger partial charge on any atom is 0.327 e. The van der Waals surface area contributed by atoms with Crippen LogP contribution in [-0.4, -0.2) is 38.1 Å². The molecule has 0 aliphatic carbocycles. The number of piperidine rings is 1. The third-order valence-electron chi connectivity index (χ3n) is 2.25. The van der Waals surface area contributed by atoms with Gasteiger partial charge in [-0.05, 0) is 33.0 Å². The molecule has 0 bridgehead atoms. The van der Waals surface area contributed by atoms with E-state index in [2.05, 4.69) is 17.4 Å². The summed E-state index contributed by atoms with van der Waals surface area (Å²) in [5.41, 5.74) is 2.41. The van der Waals surface area contributed by atoms with E-state index in [4.69, 9.17) is 4.84 Å². The van der Waals surface area contributed by atoms with E-state index in [0.29, 0.717) is 0 Å². The molecule has 0 amide bonds. The summed E-state index contributed by atoms with van der Waals surface area (Å²) in [5.74, 6) is -0.0285. The minimum Gasteiger partial charge on any atom is -0.371 e. The number of rotatable bonds is 2. The smallest absolute Gasteiger partial charge is 0.327 e. The van der Waals surface area contributed by atoms with Crippen LogP contribution in [0.4, 0.5) is 0 Å². The van der Waals surface area contributed by atoms with Crippen molar-refractivity contribution in [1.29, 1.82) is 0 Å². The summed E-state index contributed by atoms with van der Waals surface area (Å²) in [5, 5.41) is 0. The monoisotopic (exact) mass is 172 g/mol. The zero-order valence-electron chi connectivity index (χ0n) is 7.67. The Labute approximate surface area is 72.8 Å². The Morgan fingerprint density at radius 1 is 1.50 bits per heavy atom. The fourth-order valence-electron chi connectivity index (χ4n) is 1.43. The third kappa shape index (κ3) is 2.46. The van der Waals surface area contributed by atoms with Crippen LogP contribution in [0.3, 0.4) is 0 Å². The molecule has 0 unspecified atom stereocenters. The topological polar surface area (TPSA) is 41.6 Å². The normalized spacial score (nSPS) is 20.8. The number of hydrogen-bond donors (Lipinski definition) is 1. The van der Waals surface area contributed by atoms with Crippen LogP contribution in [0.25, 0.3) is 0 Å². The zero-order chi connectivity index (χ0) is 8.97. The van der Waals surface area contributed by atoms with Crippen molar-refractivity contribution in [3.63, 3.8) is 0 Å². The first-order valence-corrected chi connectivity index (χ1v) is 4.30. The van der Waals surface area contributed by atoms with Crippen LogP contribution >= 0.6 is 0 Å². The highest BCUT2D eigenvalue weighted by Gasteiger charge is 2.24. The van der Waals surface area contributed by atoms with Gasteiger partial charge < -0.3 is 9.74 Å². The predicted octanol–water partition coefficient (Wildman–Crippen LogP) is 0.00580. The van der Waals surface area contributed by atoms with Gasteiger partial charge in [-0.3, -0.25) is 4.79 Å². The van der Waals surface area contributed by atoms with Crippen LogP contribution in [-0.2, 0) is 9.63 Å². The molecule has 70 valence electrons. The number of carbonyl (C=O) groups is 1. The molecular formula is C8H16N2O2. The van der Waals surface area contributed by atoms with Crippen LogP contribution < -0.4 is 5.48 Å². The second-order valence-corrected chi connectivity index (χ2v) is 3.20. The lowest BCUT2D eigenvalue weighted by Crippen LogP contribution is -2.35. The van der Waals surface area contributed by atoms with Crippen LogP contribution in [0.5, 0.6) is 0 Å². The highest BCUT2D eigenvalue weighted by molar-refractivity contribution is 5.72. The molecule has 0 aromatic carbocycles. The third-order valence-corrected chi connectivity index (χ3v) is 2.25. The van der Waals surface area contributed by atoms with Crippen molar-refractivity contribution < 1.29 is 9.63 Å². The van der Waals surface area contributed by atoms with E-state index >= 15 is 0 Å². The average molecular weight is 172 g/mol. The molecule has 0 aromatic rings. The molecule has 1 fully saturated rings. The zero-order valence-corrected chi connectivity index (χ0v) is 7.67. The largest absolute Gasteiger partial charge is 0.371 e. The summed E-state index contributed by atoms with van der Waals surface area (Å²) >= 11 is 0. The fourth-order valence-corrected chi connectivity index (χ4v) is 1.43. The maximum atomic E-state index is 11.2. The van der Waals surface area contributed by atoms with E-state index in [1.807, 2.05) is 0 Å². The van der Waals surface area contributed by atoms with E-state index in [9.17, 15) is 4.79 Å². The molecule has 0 saturated carbocycles. The summed E-state index contributed by atoms with van der Waals surface area (Å²) in [4.78, 5) is 18.1. The maximum absolute atomic E-state index is 11.2.